The molecule has 0 aromatic heterocycles. The van der Waals surface area contributed by atoms with E-state index in [4.69, 9.17) is 0 Å². The van der Waals surface area contributed by atoms with Crippen LogP contribution in [-0.2, 0) is 0 Å². The average Bonchev–Trinajstić information content (AvgIpc) is 2.27. The maximum Gasteiger partial charge on any atom is 0.254 e. The summed E-state index contributed by atoms with van der Waals surface area (Å²) < 4.78 is 0. The molecular weight excluding hydrogens is 222 g/mol. The number of likely N-dealkylation sites (tertiary alicyclic amines) is 1. The molecule has 1 aromatic carbocycles. The summed E-state index contributed by atoms with van der Waals surface area (Å²) in [4.78, 5) is 14.8. The van der Waals surface area contributed by atoms with Crippen LogP contribution in [0.2, 0.25) is 0 Å². The van der Waals surface area contributed by atoms with E-state index >= 15 is 0 Å². The lowest BCUT2D eigenvalue weighted by atomic mass is 9.79. The van der Waals surface area contributed by atoms with E-state index in [0.29, 0.717) is 0 Å². The highest BCUT2D eigenvalue weighted by Crippen LogP contribution is 2.38. The fourth-order valence-electron chi connectivity index (χ4n) is 3.04. The molecule has 0 bridgehead atoms. The molecule has 1 aliphatic rings. The van der Waals surface area contributed by atoms with E-state index in [-0.39, 0.29) is 17.0 Å². The molecule has 1 heterocycles. The van der Waals surface area contributed by atoms with Crippen LogP contribution < -0.4 is 0 Å². The van der Waals surface area contributed by atoms with Gasteiger partial charge in [0.15, 0.2) is 0 Å². The normalized spacial score (nSPS) is 21.7. The van der Waals surface area contributed by atoms with Crippen LogP contribution in [0.4, 0.5) is 0 Å². The van der Waals surface area contributed by atoms with Gasteiger partial charge in [0.2, 0.25) is 0 Å². The van der Waals surface area contributed by atoms with E-state index in [2.05, 4.69) is 39.0 Å². The molecular formula is C16H22NO. The van der Waals surface area contributed by atoms with Crippen LogP contribution >= 0.6 is 0 Å². The highest BCUT2D eigenvalue weighted by molar-refractivity contribution is 5.95. The van der Waals surface area contributed by atoms with Crippen LogP contribution in [0.5, 0.6) is 0 Å². The van der Waals surface area contributed by atoms with E-state index in [1.54, 1.807) is 0 Å². The first-order valence-electron chi connectivity index (χ1n) is 6.56. The first kappa shape index (κ1) is 13.1. The third kappa shape index (κ3) is 2.29. The number of hydrogen-bond acceptors (Lipinski definition) is 1. The van der Waals surface area contributed by atoms with Crippen LogP contribution in [0, 0.1) is 6.42 Å². The Morgan fingerprint density at radius 1 is 1.00 bits per heavy atom. The third-order valence-electron chi connectivity index (χ3n) is 3.72. The summed E-state index contributed by atoms with van der Waals surface area (Å²) in [5.74, 6) is 0.138. The van der Waals surface area contributed by atoms with Crippen molar-refractivity contribution in [2.45, 2.75) is 51.6 Å². The molecule has 0 unspecified atom stereocenters. The fraction of sp³-hybridized carbons (Fsp3) is 0.500. The summed E-state index contributed by atoms with van der Waals surface area (Å²) in [6.45, 7) is 8.58. The summed E-state index contributed by atoms with van der Waals surface area (Å²) >= 11 is 0. The highest BCUT2D eigenvalue weighted by Gasteiger charge is 2.44. The molecule has 97 valence electrons. The molecule has 1 saturated heterocycles. The Labute approximate surface area is 110 Å². The van der Waals surface area contributed by atoms with Crippen molar-refractivity contribution >= 4 is 5.91 Å². The lowest BCUT2D eigenvalue weighted by Crippen LogP contribution is -2.61. The lowest BCUT2D eigenvalue weighted by molar-refractivity contribution is 0.00178. The first-order chi connectivity index (χ1) is 8.34. The fourth-order valence-corrected chi connectivity index (χ4v) is 3.04. The van der Waals surface area contributed by atoms with Gasteiger partial charge in [0.1, 0.15) is 0 Å². The minimum Gasteiger partial charge on any atom is -0.328 e. The second kappa shape index (κ2) is 4.42. The summed E-state index contributed by atoms with van der Waals surface area (Å²) in [5, 5.41) is 0. The van der Waals surface area contributed by atoms with Gasteiger partial charge < -0.3 is 4.90 Å². The van der Waals surface area contributed by atoms with Crippen molar-refractivity contribution in [2.24, 2.45) is 0 Å². The molecule has 0 saturated carbocycles. The molecule has 1 aromatic rings. The maximum absolute atomic E-state index is 12.7. The van der Waals surface area contributed by atoms with E-state index in [0.717, 1.165) is 18.4 Å². The Kier molecular flexibility index (Phi) is 3.22. The van der Waals surface area contributed by atoms with Crippen LogP contribution in [0.15, 0.2) is 30.3 Å². The Hall–Kier alpha value is -1.31. The van der Waals surface area contributed by atoms with Gasteiger partial charge in [0.25, 0.3) is 5.91 Å². The number of carbonyl (C=O) groups excluding carboxylic acids is 1. The predicted octanol–water partition coefficient (Wildman–Crippen LogP) is 3.68. The summed E-state index contributed by atoms with van der Waals surface area (Å²) in [5.41, 5.74) is 0.545. The second-order valence-corrected chi connectivity index (χ2v) is 6.33. The van der Waals surface area contributed by atoms with Crippen LogP contribution in [-0.4, -0.2) is 21.9 Å². The predicted molar refractivity (Wildman–Crippen MR) is 74.3 cm³/mol. The van der Waals surface area contributed by atoms with Gasteiger partial charge >= 0.3 is 0 Å². The SMILES string of the molecule is CC1(C)C[CH]CC(C)(C)N1C(=O)c1ccccc1. The zero-order chi connectivity index (χ0) is 13.4. The molecule has 1 fully saturated rings. The van der Waals surface area contributed by atoms with Crippen molar-refractivity contribution in [2.75, 3.05) is 0 Å². The Balaban J connectivity index is 2.37. The first-order valence-corrected chi connectivity index (χ1v) is 6.56. The molecule has 1 aliphatic heterocycles. The maximum atomic E-state index is 12.7. The Morgan fingerprint density at radius 2 is 1.50 bits per heavy atom. The zero-order valence-corrected chi connectivity index (χ0v) is 11.7. The van der Waals surface area contributed by atoms with Gasteiger partial charge in [0, 0.05) is 16.6 Å². The smallest absolute Gasteiger partial charge is 0.254 e. The second-order valence-electron chi connectivity index (χ2n) is 6.33. The minimum absolute atomic E-state index is 0.116. The van der Waals surface area contributed by atoms with Crippen molar-refractivity contribution in [3.8, 4) is 0 Å². The van der Waals surface area contributed by atoms with Gasteiger partial charge in [-0.25, -0.2) is 0 Å². The van der Waals surface area contributed by atoms with Crippen LogP contribution in [0.25, 0.3) is 0 Å². The van der Waals surface area contributed by atoms with E-state index in [1.807, 2.05) is 30.3 Å². The highest BCUT2D eigenvalue weighted by atomic mass is 16.2. The number of piperidine rings is 1. The lowest BCUT2D eigenvalue weighted by Gasteiger charge is -2.52. The number of carbonyl (C=O) groups is 1. The number of rotatable bonds is 1. The van der Waals surface area contributed by atoms with Gasteiger partial charge in [0.05, 0.1) is 0 Å². The summed E-state index contributed by atoms with van der Waals surface area (Å²) in [7, 11) is 0. The van der Waals surface area contributed by atoms with Gasteiger partial charge in [-0.05, 0) is 59.1 Å². The molecule has 2 nitrogen and oxygen atoms in total. The molecule has 0 atom stereocenters. The van der Waals surface area contributed by atoms with Crippen LogP contribution in [0.1, 0.15) is 50.9 Å². The van der Waals surface area contributed by atoms with E-state index < -0.39 is 0 Å². The Bertz CT molecular complexity index is 418. The molecule has 0 spiro atoms. The van der Waals surface area contributed by atoms with Crippen LogP contribution in [0.3, 0.4) is 0 Å². The minimum atomic E-state index is -0.116. The quantitative estimate of drug-likeness (QED) is 0.738. The van der Waals surface area contributed by atoms with Gasteiger partial charge in [-0.2, -0.15) is 0 Å². The molecule has 2 rings (SSSR count). The largest absolute Gasteiger partial charge is 0.328 e. The van der Waals surface area contributed by atoms with E-state index in [1.165, 1.54) is 0 Å². The topological polar surface area (TPSA) is 20.3 Å². The van der Waals surface area contributed by atoms with Crippen molar-refractivity contribution in [1.82, 2.24) is 4.90 Å². The molecule has 18 heavy (non-hydrogen) atoms. The number of hydrogen-bond donors (Lipinski definition) is 0. The standard InChI is InChI=1S/C16H22NO/c1-15(2)11-8-12-16(3,4)17(15)14(18)13-9-6-5-7-10-13/h5-10H,11-12H2,1-4H3. The van der Waals surface area contributed by atoms with Crippen molar-refractivity contribution in [1.29, 1.82) is 0 Å². The molecule has 1 amide bonds. The molecule has 1 radical (unpaired) electrons. The average molecular weight is 244 g/mol. The number of benzene rings is 1. The molecule has 0 aliphatic carbocycles. The Morgan fingerprint density at radius 3 is 2.00 bits per heavy atom. The zero-order valence-electron chi connectivity index (χ0n) is 11.7. The van der Waals surface area contributed by atoms with Crippen molar-refractivity contribution in [3.05, 3.63) is 42.3 Å². The van der Waals surface area contributed by atoms with E-state index in [9.17, 15) is 4.79 Å². The van der Waals surface area contributed by atoms with Gasteiger partial charge in [-0.3, -0.25) is 4.79 Å². The third-order valence-corrected chi connectivity index (χ3v) is 3.72. The molecule has 2 heteroatoms. The summed E-state index contributed by atoms with van der Waals surface area (Å²) in [6, 6.07) is 9.57. The van der Waals surface area contributed by atoms with Crippen molar-refractivity contribution < 1.29 is 4.79 Å². The van der Waals surface area contributed by atoms with Gasteiger partial charge in [-0.1, -0.05) is 18.2 Å². The number of amides is 1. The monoisotopic (exact) mass is 244 g/mol. The van der Waals surface area contributed by atoms with Crippen molar-refractivity contribution in [3.63, 3.8) is 0 Å². The summed E-state index contributed by atoms with van der Waals surface area (Å²) in [6.07, 6.45) is 4.21. The number of nitrogens with zero attached hydrogens (tertiary/aromatic N) is 1. The molecule has 0 N–H and O–H groups in total. The van der Waals surface area contributed by atoms with Gasteiger partial charge in [-0.15, -0.1) is 0 Å².